The quantitative estimate of drug-likeness (QED) is 0.523. The Labute approximate surface area is 193 Å². The average Bonchev–Trinajstić information content (AvgIpc) is 3.19. The van der Waals surface area contributed by atoms with Crippen LogP contribution in [0.4, 0.5) is 0 Å². The fraction of sp³-hybridized carbons (Fsp3) is 0.333. The van der Waals surface area contributed by atoms with Gasteiger partial charge in [0.25, 0.3) is 0 Å². The van der Waals surface area contributed by atoms with Crippen molar-refractivity contribution in [3.8, 4) is 5.69 Å². The number of nitrogens with zero attached hydrogens (tertiary/aromatic N) is 3. The molecule has 1 aromatic carbocycles. The van der Waals surface area contributed by atoms with Gasteiger partial charge >= 0.3 is 0 Å². The molecule has 1 fully saturated rings. The fourth-order valence-electron chi connectivity index (χ4n) is 4.65. The maximum Gasteiger partial charge on any atom is 0.170 e. The van der Waals surface area contributed by atoms with E-state index in [-0.39, 0.29) is 18.7 Å². The molecule has 4 rings (SSSR count). The third kappa shape index (κ3) is 3.95. The molecule has 1 saturated heterocycles. The first-order valence-electron chi connectivity index (χ1n) is 10.5. The van der Waals surface area contributed by atoms with E-state index in [0.717, 1.165) is 17.1 Å². The highest BCUT2D eigenvalue weighted by Crippen LogP contribution is 2.43. The van der Waals surface area contributed by atoms with Crippen LogP contribution in [0.5, 0.6) is 0 Å². The fourth-order valence-corrected chi connectivity index (χ4v) is 5.16. The molecule has 1 aliphatic heterocycles. The Bertz CT molecular complexity index is 1100. The summed E-state index contributed by atoms with van der Waals surface area (Å²) in [6, 6.07) is 13.8. The zero-order valence-electron chi connectivity index (χ0n) is 18.0. The Balaban J connectivity index is 1.88. The highest BCUT2D eigenvalue weighted by atomic mass is 35.5. The van der Waals surface area contributed by atoms with Crippen molar-refractivity contribution in [1.29, 1.82) is 0 Å². The molecule has 0 amide bonds. The molecular formula is C24H27ClN4OS. The molecule has 0 radical (unpaired) electrons. The number of halogens is 1. The Hall–Kier alpha value is -2.41. The SMILES string of the molecule is Cc1c([C@H]2[C@@H](c3ccccn3)NC(=S)N2CCCO)c(C)n(-c2cccc(Cl)c2)c1C. The summed E-state index contributed by atoms with van der Waals surface area (Å²) in [5.41, 5.74) is 6.79. The monoisotopic (exact) mass is 454 g/mol. The molecule has 7 heteroatoms. The molecule has 2 aromatic heterocycles. The molecule has 5 nitrogen and oxygen atoms in total. The summed E-state index contributed by atoms with van der Waals surface area (Å²) < 4.78 is 2.26. The highest BCUT2D eigenvalue weighted by molar-refractivity contribution is 7.80. The lowest BCUT2D eigenvalue weighted by Gasteiger charge is -2.28. The predicted octanol–water partition coefficient (Wildman–Crippen LogP) is 4.81. The number of hydrogen-bond donors (Lipinski definition) is 2. The third-order valence-corrected chi connectivity index (χ3v) is 6.71. The first kappa shape index (κ1) is 21.8. The lowest BCUT2D eigenvalue weighted by Crippen LogP contribution is -2.31. The molecule has 31 heavy (non-hydrogen) atoms. The molecule has 3 heterocycles. The second kappa shape index (κ2) is 8.99. The summed E-state index contributed by atoms with van der Waals surface area (Å²) >= 11 is 12.0. The van der Waals surface area contributed by atoms with Crippen molar-refractivity contribution in [2.75, 3.05) is 13.2 Å². The van der Waals surface area contributed by atoms with Crippen molar-refractivity contribution in [2.24, 2.45) is 0 Å². The van der Waals surface area contributed by atoms with Crippen molar-refractivity contribution in [1.82, 2.24) is 19.8 Å². The van der Waals surface area contributed by atoms with Gasteiger partial charge in [0.2, 0.25) is 0 Å². The number of nitrogens with one attached hydrogen (secondary N) is 1. The Kier molecular flexibility index (Phi) is 6.32. The van der Waals surface area contributed by atoms with Gasteiger partial charge < -0.3 is 19.9 Å². The molecule has 3 aromatic rings. The summed E-state index contributed by atoms with van der Waals surface area (Å²) in [5.74, 6) is 0. The zero-order valence-corrected chi connectivity index (χ0v) is 19.5. The van der Waals surface area contributed by atoms with Crippen LogP contribution in [0, 0.1) is 20.8 Å². The molecule has 0 unspecified atom stereocenters. The van der Waals surface area contributed by atoms with Crippen LogP contribution in [0.15, 0.2) is 48.7 Å². The first-order chi connectivity index (χ1) is 14.9. The summed E-state index contributed by atoms with van der Waals surface area (Å²) in [5, 5.41) is 14.4. The van der Waals surface area contributed by atoms with Gasteiger partial charge in [-0.05, 0) is 75.3 Å². The van der Waals surface area contributed by atoms with Crippen molar-refractivity contribution in [2.45, 2.75) is 39.3 Å². The van der Waals surface area contributed by atoms with Crippen LogP contribution in [0.3, 0.4) is 0 Å². The minimum Gasteiger partial charge on any atom is -0.396 e. The predicted molar refractivity (Wildman–Crippen MR) is 129 cm³/mol. The third-order valence-electron chi connectivity index (χ3n) is 6.12. The van der Waals surface area contributed by atoms with E-state index >= 15 is 0 Å². The van der Waals surface area contributed by atoms with E-state index in [1.807, 2.05) is 42.6 Å². The van der Waals surface area contributed by atoms with E-state index in [1.54, 1.807) is 0 Å². The molecule has 162 valence electrons. The maximum absolute atomic E-state index is 9.47. The Morgan fingerprint density at radius 3 is 2.61 bits per heavy atom. The van der Waals surface area contributed by atoms with E-state index < -0.39 is 0 Å². The second-order valence-corrected chi connectivity index (χ2v) is 8.75. The minimum absolute atomic E-state index is 0.0203. The molecule has 0 spiro atoms. The standard InChI is InChI=1S/C24H27ClN4OS/c1-15-16(2)29(19-9-6-8-18(25)14-19)17(3)21(15)23-22(20-10-4-5-11-26-20)27-24(31)28(23)12-7-13-30/h4-6,8-11,14,22-23,30H,7,12-13H2,1-3H3,(H,27,31)/t22-,23+/m1/s1. The largest absolute Gasteiger partial charge is 0.396 e. The van der Waals surface area contributed by atoms with Crippen LogP contribution >= 0.6 is 23.8 Å². The van der Waals surface area contributed by atoms with Gasteiger partial charge in [0.05, 0.1) is 17.8 Å². The lowest BCUT2D eigenvalue weighted by atomic mass is 9.93. The number of benzene rings is 1. The first-order valence-corrected chi connectivity index (χ1v) is 11.3. The molecule has 2 N–H and O–H groups in total. The van der Waals surface area contributed by atoms with Crippen LogP contribution in [-0.4, -0.2) is 37.8 Å². The molecule has 1 aliphatic rings. The van der Waals surface area contributed by atoms with Crippen LogP contribution in [-0.2, 0) is 0 Å². The molecule has 0 aliphatic carbocycles. The van der Waals surface area contributed by atoms with Crippen molar-refractivity contribution < 1.29 is 5.11 Å². The number of aliphatic hydroxyl groups is 1. The number of aliphatic hydroxyl groups excluding tert-OH is 1. The van der Waals surface area contributed by atoms with E-state index in [9.17, 15) is 5.11 Å². The van der Waals surface area contributed by atoms with Crippen LogP contribution in [0.25, 0.3) is 5.69 Å². The lowest BCUT2D eigenvalue weighted by molar-refractivity contribution is 0.247. The minimum atomic E-state index is -0.0700. The van der Waals surface area contributed by atoms with Gasteiger partial charge in [-0.3, -0.25) is 4.98 Å². The van der Waals surface area contributed by atoms with E-state index in [0.29, 0.717) is 23.1 Å². The van der Waals surface area contributed by atoms with Crippen LogP contribution in [0.2, 0.25) is 5.02 Å². The maximum atomic E-state index is 9.47. The molecule has 2 atom stereocenters. The molecule has 0 saturated carbocycles. The summed E-state index contributed by atoms with van der Waals surface area (Å²) in [6.07, 6.45) is 2.47. The van der Waals surface area contributed by atoms with Crippen LogP contribution in [0.1, 0.15) is 46.7 Å². The van der Waals surface area contributed by atoms with Crippen molar-refractivity contribution >= 4 is 28.9 Å². The van der Waals surface area contributed by atoms with Gasteiger partial charge in [-0.1, -0.05) is 23.7 Å². The zero-order chi connectivity index (χ0) is 22.1. The summed E-state index contributed by atoms with van der Waals surface area (Å²) in [7, 11) is 0. The van der Waals surface area contributed by atoms with E-state index in [2.05, 4.69) is 46.6 Å². The van der Waals surface area contributed by atoms with Gasteiger partial charge in [0.1, 0.15) is 0 Å². The van der Waals surface area contributed by atoms with Gasteiger partial charge in [-0.15, -0.1) is 0 Å². The topological polar surface area (TPSA) is 53.3 Å². The van der Waals surface area contributed by atoms with E-state index in [4.69, 9.17) is 23.8 Å². The van der Waals surface area contributed by atoms with Gasteiger partial charge in [-0.25, -0.2) is 0 Å². The number of aromatic nitrogens is 2. The summed E-state index contributed by atoms with van der Waals surface area (Å²) in [6.45, 7) is 7.26. The Morgan fingerprint density at radius 1 is 1.13 bits per heavy atom. The van der Waals surface area contributed by atoms with Crippen molar-refractivity contribution in [3.63, 3.8) is 0 Å². The van der Waals surface area contributed by atoms with E-state index in [1.165, 1.54) is 16.8 Å². The normalized spacial score (nSPS) is 18.5. The van der Waals surface area contributed by atoms with Gasteiger partial charge in [-0.2, -0.15) is 0 Å². The molecule has 0 bridgehead atoms. The van der Waals surface area contributed by atoms with Gasteiger partial charge in [0, 0.05) is 47.0 Å². The van der Waals surface area contributed by atoms with Crippen molar-refractivity contribution in [3.05, 3.63) is 81.9 Å². The number of thiocarbonyl (C=S) groups is 1. The summed E-state index contributed by atoms with van der Waals surface area (Å²) in [4.78, 5) is 6.82. The number of hydrogen-bond acceptors (Lipinski definition) is 3. The Morgan fingerprint density at radius 2 is 1.94 bits per heavy atom. The average molecular weight is 455 g/mol. The number of pyridine rings is 1. The van der Waals surface area contributed by atoms with Gasteiger partial charge in [0.15, 0.2) is 5.11 Å². The number of rotatable bonds is 6. The molecular weight excluding hydrogens is 428 g/mol. The smallest absolute Gasteiger partial charge is 0.170 e. The highest BCUT2D eigenvalue weighted by Gasteiger charge is 2.42. The van der Waals surface area contributed by atoms with Crippen LogP contribution < -0.4 is 5.32 Å². The second-order valence-electron chi connectivity index (χ2n) is 7.92.